The molecule has 182 valence electrons. The molecule has 0 radical (unpaired) electrons. The summed E-state index contributed by atoms with van der Waals surface area (Å²) in [5.41, 5.74) is 1.84. The third kappa shape index (κ3) is 3.42. The van der Waals surface area contributed by atoms with Gasteiger partial charge in [0.2, 0.25) is 23.9 Å². The van der Waals surface area contributed by atoms with Gasteiger partial charge < -0.3 is 19.3 Å². The summed E-state index contributed by atoms with van der Waals surface area (Å²) < 4.78 is 50.5. The fourth-order valence-electron chi connectivity index (χ4n) is 5.22. The molecule has 9 nitrogen and oxygen atoms in total. The summed E-state index contributed by atoms with van der Waals surface area (Å²) in [5, 5.41) is 6.75. The molecule has 0 bridgehead atoms. The maximum atomic E-state index is 13.6. The summed E-state index contributed by atoms with van der Waals surface area (Å²) in [6.07, 6.45) is -4.94. The van der Waals surface area contributed by atoms with Gasteiger partial charge in [-0.2, -0.15) is 18.3 Å². The van der Waals surface area contributed by atoms with Gasteiger partial charge in [0.15, 0.2) is 0 Å². The zero-order chi connectivity index (χ0) is 24.4. The Morgan fingerprint density at radius 1 is 1.23 bits per heavy atom. The minimum absolute atomic E-state index is 0.179. The Kier molecular flexibility index (Phi) is 4.78. The number of amides is 2. The van der Waals surface area contributed by atoms with Crippen molar-refractivity contribution in [3.63, 3.8) is 0 Å². The summed E-state index contributed by atoms with van der Waals surface area (Å²) in [7, 11) is 0. The SMILES string of the molecule is O=C(CN1C(=O)C2(CC(Oc3ccc4[nH]ncc4n3)C2)c2ccccc21)N1CCOC1C(F)(F)F. The number of hydrogen-bond donors (Lipinski definition) is 1. The first-order valence-electron chi connectivity index (χ1n) is 11.1. The summed E-state index contributed by atoms with van der Waals surface area (Å²) in [6, 6.07) is 10.6. The number of nitrogens with zero attached hydrogens (tertiary/aromatic N) is 4. The second-order valence-corrected chi connectivity index (χ2v) is 8.94. The van der Waals surface area contributed by atoms with E-state index in [1.165, 1.54) is 4.90 Å². The lowest BCUT2D eigenvalue weighted by atomic mass is 9.63. The number of carbonyl (C=O) groups excluding carboxylic acids is 2. The molecular weight excluding hydrogens is 467 g/mol. The number of aromatic amines is 1. The number of hydrogen-bond acceptors (Lipinski definition) is 6. The number of pyridine rings is 1. The second-order valence-electron chi connectivity index (χ2n) is 8.94. The van der Waals surface area contributed by atoms with Gasteiger partial charge in [0, 0.05) is 31.1 Å². The smallest absolute Gasteiger partial charge is 0.433 e. The lowest BCUT2D eigenvalue weighted by Gasteiger charge is -2.43. The molecule has 3 aromatic rings. The van der Waals surface area contributed by atoms with E-state index in [-0.39, 0.29) is 25.2 Å². The average Bonchev–Trinajstić information content (AvgIpc) is 3.52. The van der Waals surface area contributed by atoms with Crippen LogP contribution in [0.5, 0.6) is 5.88 Å². The van der Waals surface area contributed by atoms with Crippen LogP contribution in [-0.2, 0) is 19.7 Å². The van der Waals surface area contributed by atoms with Gasteiger partial charge in [0.05, 0.1) is 23.7 Å². The highest BCUT2D eigenvalue weighted by molar-refractivity contribution is 6.11. The summed E-state index contributed by atoms with van der Waals surface area (Å²) in [6.45, 7) is -0.873. The highest BCUT2D eigenvalue weighted by Crippen LogP contribution is 2.54. The molecule has 1 saturated heterocycles. The van der Waals surface area contributed by atoms with E-state index in [9.17, 15) is 22.8 Å². The van der Waals surface area contributed by atoms with Crippen molar-refractivity contribution in [1.29, 1.82) is 0 Å². The first kappa shape index (κ1) is 21.8. The molecule has 1 aliphatic carbocycles. The molecule has 1 spiro atoms. The zero-order valence-electron chi connectivity index (χ0n) is 18.3. The van der Waals surface area contributed by atoms with Gasteiger partial charge in [-0.05, 0) is 17.7 Å². The number of rotatable bonds is 4. The summed E-state index contributed by atoms with van der Waals surface area (Å²) >= 11 is 0. The number of alkyl halides is 3. The Labute approximate surface area is 196 Å². The number of carbonyl (C=O) groups is 2. The van der Waals surface area contributed by atoms with E-state index >= 15 is 0 Å². The molecule has 4 heterocycles. The Hall–Kier alpha value is -3.67. The molecule has 2 aromatic heterocycles. The number of aromatic nitrogens is 3. The first-order valence-corrected chi connectivity index (χ1v) is 11.1. The number of para-hydroxylation sites is 1. The molecule has 1 N–H and O–H groups in total. The lowest BCUT2D eigenvalue weighted by Crippen LogP contribution is -2.55. The highest BCUT2D eigenvalue weighted by Gasteiger charge is 2.60. The van der Waals surface area contributed by atoms with Gasteiger partial charge in [-0.1, -0.05) is 18.2 Å². The molecule has 1 aromatic carbocycles. The topological polar surface area (TPSA) is 101 Å². The van der Waals surface area contributed by atoms with E-state index in [1.807, 2.05) is 6.07 Å². The van der Waals surface area contributed by atoms with Crippen molar-refractivity contribution in [2.45, 2.75) is 36.8 Å². The summed E-state index contributed by atoms with van der Waals surface area (Å²) in [5.74, 6) is -0.708. The van der Waals surface area contributed by atoms with E-state index in [2.05, 4.69) is 15.2 Å². The Morgan fingerprint density at radius 2 is 2.03 bits per heavy atom. The van der Waals surface area contributed by atoms with Crippen molar-refractivity contribution in [2.75, 3.05) is 24.6 Å². The van der Waals surface area contributed by atoms with E-state index in [0.717, 1.165) is 11.1 Å². The number of halogens is 3. The van der Waals surface area contributed by atoms with Crippen molar-refractivity contribution < 1.29 is 32.2 Å². The third-order valence-corrected chi connectivity index (χ3v) is 6.86. The van der Waals surface area contributed by atoms with Gasteiger partial charge >= 0.3 is 6.18 Å². The monoisotopic (exact) mass is 487 g/mol. The van der Waals surface area contributed by atoms with Crippen LogP contribution in [0, 0.1) is 0 Å². The second kappa shape index (κ2) is 7.67. The summed E-state index contributed by atoms with van der Waals surface area (Å²) in [4.78, 5) is 32.7. The highest BCUT2D eigenvalue weighted by atomic mass is 19.4. The standard InChI is InChI=1S/C23H20F3N5O4/c24-23(25,26)21-30(7-8-34-21)19(32)12-31-17-4-2-1-3-14(17)22(20(31)33)9-13(10-22)35-18-6-5-15-16(28-18)11-27-29-15/h1-6,11,13,21H,7-10,12H2,(H,27,29). The Balaban J connectivity index is 1.20. The fraction of sp³-hybridized carbons (Fsp3) is 0.391. The van der Waals surface area contributed by atoms with E-state index in [1.54, 1.807) is 36.5 Å². The van der Waals surface area contributed by atoms with Crippen LogP contribution in [0.2, 0.25) is 0 Å². The van der Waals surface area contributed by atoms with Crippen LogP contribution >= 0.6 is 0 Å². The van der Waals surface area contributed by atoms with E-state index in [0.29, 0.717) is 34.8 Å². The van der Waals surface area contributed by atoms with Crippen molar-refractivity contribution in [3.05, 3.63) is 48.2 Å². The van der Waals surface area contributed by atoms with Crippen molar-refractivity contribution in [3.8, 4) is 5.88 Å². The normalized spacial score (nSPS) is 25.9. The number of benzene rings is 1. The minimum Gasteiger partial charge on any atom is -0.474 e. The Bertz CT molecular complexity index is 1320. The molecule has 1 unspecified atom stereocenters. The van der Waals surface area contributed by atoms with Gasteiger partial charge in [0.1, 0.15) is 18.2 Å². The third-order valence-electron chi connectivity index (χ3n) is 6.86. The first-order chi connectivity index (χ1) is 16.8. The molecular formula is C23H20F3N5O4. The number of fused-ring (bicyclic) bond motifs is 3. The minimum atomic E-state index is -4.70. The van der Waals surface area contributed by atoms with Crippen LogP contribution in [0.1, 0.15) is 18.4 Å². The molecule has 35 heavy (non-hydrogen) atoms. The van der Waals surface area contributed by atoms with E-state index < -0.39 is 30.3 Å². The van der Waals surface area contributed by atoms with E-state index in [4.69, 9.17) is 9.47 Å². The van der Waals surface area contributed by atoms with Crippen molar-refractivity contribution in [1.82, 2.24) is 20.1 Å². The van der Waals surface area contributed by atoms with Gasteiger partial charge in [-0.15, -0.1) is 0 Å². The predicted octanol–water partition coefficient (Wildman–Crippen LogP) is 2.53. The molecule has 1 saturated carbocycles. The molecule has 2 amide bonds. The maximum absolute atomic E-state index is 13.6. The van der Waals surface area contributed by atoms with Crippen LogP contribution in [-0.4, -0.2) is 70.1 Å². The van der Waals surface area contributed by atoms with Crippen LogP contribution in [0.25, 0.3) is 11.0 Å². The quantitative estimate of drug-likeness (QED) is 0.607. The van der Waals surface area contributed by atoms with Crippen molar-refractivity contribution >= 4 is 28.5 Å². The number of nitrogens with one attached hydrogen (secondary N) is 1. The fourth-order valence-corrected chi connectivity index (χ4v) is 5.22. The Morgan fingerprint density at radius 3 is 2.83 bits per heavy atom. The van der Waals surface area contributed by atoms with Gasteiger partial charge in [-0.25, -0.2) is 4.98 Å². The molecule has 12 heteroatoms. The molecule has 6 rings (SSSR count). The van der Waals surface area contributed by atoms with Gasteiger partial charge in [-0.3, -0.25) is 14.7 Å². The molecule has 1 atom stereocenters. The van der Waals surface area contributed by atoms with Crippen LogP contribution in [0.4, 0.5) is 18.9 Å². The van der Waals surface area contributed by atoms with Gasteiger partial charge in [0.25, 0.3) is 0 Å². The van der Waals surface area contributed by atoms with Crippen LogP contribution < -0.4 is 9.64 Å². The zero-order valence-corrected chi connectivity index (χ0v) is 18.3. The molecule has 2 fully saturated rings. The van der Waals surface area contributed by atoms with Crippen LogP contribution in [0.15, 0.2) is 42.6 Å². The number of anilines is 1. The lowest BCUT2D eigenvalue weighted by molar-refractivity contribution is -0.238. The predicted molar refractivity (Wildman–Crippen MR) is 116 cm³/mol. The number of H-pyrrole nitrogens is 1. The van der Waals surface area contributed by atoms with Crippen LogP contribution in [0.3, 0.4) is 0 Å². The van der Waals surface area contributed by atoms with Crippen molar-refractivity contribution in [2.24, 2.45) is 0 Å². The number of ether oxygens (including phenoxy) is 2. The molecule has 3 aliphatic rings. The molecule has 2 aliphatic heterocycles. The average molecular weight is 487 g/mol. The maximum Gasteiger partial charge on any atom is 0.433 e. The largest absolute Gasteiger partial charge is 0.474 e.